The molecule has 2 rings (SSSR count). The SMILES string of the molecule is CCOc1c(Br)cc(/C=N/NC(=O)COc2ccc(Br)cc2CC)cc1OC. The van der Waals surface area contributed by atoms with Gasteiger partial charge in [-0.3, -0.25) is 4.79 Å². The molecule has 0 spiro atoms. The van der Waals surface area contributed by atoms with Crippen molar-refractivity contribution in [1.29, 1.82) is 0 Å². The molecule has 6 nitrogen and oxygen atoms in total. The van der Waals surface area contributed by atoms with Crippen molar-refractivity contribution in [2.24, 2.45) is 5.10 Å². The Morgan fingerprint density at radius 2 is 1.93 bits per heavy atom. The van der Waals surface area contributed by atoms with Crippen LogP contribution in [0.4, 0.5) is 0 Å². The smallest absolute Gasteiger partial charge is 0.277 e. The molecule has 0 fully saturated rings. The van der Waals surface area contributed by atoms with Gasteiger partial charge in [0, 0.05) is 4.47 Å². The van der Waals surface area contributed by atoms with Gasteiger partial charge < -0.3 is 14.2 Å². The van der Waals surface area contributed by atoms with Crippen LogP contribution >= 0.6 is 31.9 Å². The number of ether oxygens (including phenoxy) is 3. The molecule has 0 aliphatic carbocycles. The van der Waals surface area contributed by atoms with Gasteiger partial charge in [0.05, 0.1) is 24.4 Å². The number of nitrogens with zero attached hydrogens (tertiary/aromatic N) is 1. The highest BCUT2D eigenvalue weighted by Crippen LogP contribution is 2.36. The lowest BCUT2D eigenvalue weighted by atomic mass is 10.1. The molecule has 2 aromatic rings. The van der Waals surface area contributed by atoms with E-state index in [1.54, 1.807) is 13.2 Å². The second-order valence-electron chi connectivity index (χ2n) is 5.65. The minimum absolute atomic E-state index is 0.123. The molecule has 0 radical (unpaired) electrons. The number of hydrogen-bond donors (Lipinski definition) is 1. The largest absolute Gasteiger partial charge is 0.493 e. The number of benzene rings is 2. The van der Waals surface area contributed by atoms with Gasteiger partial charge in [0.1, 0.15) is 5.75 Å². The molecule has 0 saturated carbocycles. The number of carbonyl (C=O) groups excluding carboxylic acids is 1. The molecular formula is C20H22Br2N2O4. The quantitative estimate of drug-likeness (QED) is 0.389. The number of hydrogen-bond acceptors (Lipinski definition) is 5. The van der Waals surface area contributed by atoms with Crippen LogP contribution in [-0.2, 0) is 11.2 Å². The van der Waals surface area contributed by atoms with Crippen LogP contribution in [0, 0.1) is 0 Å². The second-order valence-corrected chi connectivity index (χ2v) is 7.42. The van der Waals surface area contributed by atoms with Gasteiger partial charge >= 0.3 is 0 Å². The average Bonchev–Trinajstić information content (AvgIpc) is 2.68. The van der Waals surface area contributed by atoms with Crippen molar-refractivity contribution in [3.05, 3.63) is 50.4 Å². The summed E-state index contributed by atoms with van der Waals surface area (Å²) < 4.78 is 18.2. The summed E-state index contributed by atoms with van der Waals surface area (Å²) in [6, 6.07) is 9.29. The van der Waals surface area contributed by atoms with Crippen LogP contribution in [0.15, 0.2) is 44.4 Å². The molecule has 0 saturated heterocycles. The Kier molecular flexibility index (Phi) is 8.79. The maximum Gasteiger partial charge on any atom is 0.277 e. The second kappa shape index (κ2) is 11.1. The summed E-state index contributed by atoms with van der Waals surface area (Å²) in [7, 11) is 1.57. The fourth-order valence-electron chi connectivity index (χ4n) is 2.42. The average molecular weight is 514 g/mol. The van der Waals surface area contributed by atoms with Crippen LogP contribution in [0.1, 0.15) is 25.0 Å². The first-order valence-corrected chi connectivity index (χ1v) is 10.3. The van der Waals surface area contributed by atoms with Gasteiger partial charge in [0.2, 0.25) is 0 Å². The van der Waals surface area contributed by atoms with Crippen LogP contribution in [0.5, 0.6) is 17.2 Å². The minimum Gasteiger partial charge on any atom is -0.493 e. The molecule has 0 bridgehead atoms. The normalized spacial score (nSPS) is 10.8. The highest BCUT2D eigenvalue weighted by atomic mass is 79.9. The van der Waals surface area contributed by atoms with Crippen LogP contribution < -0.4 is 19.6 Å². The van der Waals surface area contributed by atoms with E-state index < -0.39 is 0 Å². The third kappa shape index (κ3) is 6.24. The Morgan fingerprint density at radius 3 is 2.61 bits per heavy atom. The van der Waals surface area contributed by atoms with Gasteiger partial charge in [-0.25, -0.2) is 5.43 Å². The Hall–Kier alpha value is -2.06. The highest BCUT2D eigenvalue weighted by molar-refractivity contribution is 9.10. The number of hydrazone groups is 1. The Labute approximate surface area is 181 Å². The zero-order valence-electron chi connectivity index (χ0n) is 15.9. The van der Waals surface area contributed by atoms with Crippen LogP contribution in [0.2, 0.25) is 0 Å². The van der Waals surface area contributed by atoms with E-state index >= 15 is 0 Å². The van der Waals surface area contributed by atoms with Crippen LogP contribution in [-0.4, -0.2) is 32.4 Å². The molecule has 2 aromatic carbocycles. The van der Waals surface area contributed by atoms with E-state index in [1.807, 2.05) is 38.1 Å². The van der Waals surface area contributed by atoms with Gasteiger partial charge in [0.25, 0.3) is 5.91 Å². The summed E-state index contributed by atoms with van der Waals surface area (Å²) >= 11 is 6.88. The van der Waals surface area contributed by atoms with Crippen molar-refractivity contribution in [2.45, 2.75) is 20.3 Å². The standard InChI is InChI=1S/C20H22Br2N2O4/c1-4-14-10-15(21)6-7-17(14)28-12-19(25)24-23-11-13-8-16(22)20(27-5-2)18(9-13)26-3/h6-11H,4-5,12H2,1-3H3,(H,24,25)/b23-11+. The van der Waals surface area contributed by atoms with Crippen molar-refractivity contribution < 1.29 is 19.0 Å². The van der Waals surface area contributed by atoms with Crippen LogP contribution in [0.3, 0.4) is 0 Å². The van der Waals surface area contributed by atoms with E-state index in [0.29, 0.717) is 23.9 Å². The Balaban J connectivity index is 1.95. The zero-order chi connectivity index (χ0) is 20.5. The summed E-state index contributed by atoms with van der Waals surface area (Å²) in [4.78, 5) is 12.0. The molecule has 150 valence electrons. The molecule has 0 atom stereocenters. The fraction of sp³-hybridized carbons (Fsp3) is 0.300. The summed E-state index contributed by atoms with van der Waals surface area (Å²) in [5, 5.41) is 3.97. The van der Waals surface area contributed by atoms with Crippen molar-refractivity contribution in [1.82, 2.24) is 5.43 Å². The molecule has 8 heteroatoms. The molecule has 0 aliphatic heterocycles. The van der Waals surface area contributed by atoms with Gasteiger partial charge in [-0.05, 0) is 70.7 Å². The van der Waals surface area contributed by atoms with Crippen molar-refractivity contribution in [2.75, 3.05) is 20.3 Å². The maximum atomic E-state index is 12.0. The first-order valence-electron chi connectivity index (χ1n) is 8.71. The lowest BCUT2D eigenvalue weighted by molar-refractivity contribution is -0.123. The first-order chi connectivity index (χ1) is 13.5. The van der Waals surface area contributed by atoms with E-state index in [-0.39, 0.29) is 12.5 Å². The van der Waals surface area contributed by atoms with E-state index in [1.165, 1.54) is 6.21 Å². The predicted octanol–water partition coefficient (Wildman–Crippen LogP) is 4.71. The van der Waals surface area contributed by atoms with Crippen LogP contribution in [0.25, 0.3) is 0 Å². The monoisotopic (exact) mass is 512 g/mol. The Bertz CT molecular complexity index is 856. The molecule has 1 N–H and O–H groups in total. The number of amides is 1. The number of aryl methyl sites for hydroxylation is 1. The fourth-order valence-corrected chi connectivity index (χ4v) is 3.40. The lowest BCUT2D eigenvalue weighted by Crippen LogP contribution is -2.24. The number of halogens is 2. The first kappa shape index (κ1) is 22.2. The molecule has 0 aromatic heterocycles. The Morgan fingerprint density at radius 1 is 1.14 bits per heavy atom. The van der Waals surface area contributed by atoms with Gasteiger partial charge in [-0.15, -0.1) is 0 Å². The zero-order valence-corrected chi connectivity index (χ0v) is 19.1. The summed E-state index contributed by atoms with van der Waals surface area (Å²) in [6.45, 7) is 4.33. The molecule has 0 aliphatic rings. The van der Waals surface area contributed by atoms with Crippen molar-refractivity contribution in [3.8, 4) is 17.2 Å². The molecule has 28 heavy (non-hydrogen) atoms. The van der Waals surface area contributed by atoms with E-state index in [9.17, 15) is 4.79 Å². The predicted molar refractivity (Wildman–Crippen MR) is 117 cm³/mol. The van der Waals surface area contributed by atoms with E-state index in [2.05, 4.69) is 42.4 Å². The highest BCUT2D eigenvalue weighted by Gasteiger charge is 2.11. The lowest BCUT2D eigenvalue weighted by Gasteiger charge is -2.12. The van der Waals surface area contributed by atoms with Crippen molar-refractivity contribution in [3.63, 3.8) is 0 Å². The number of carbonyl (C=O) groups is 1. The maximum absolute atomic E-state index is 12.0. The molecule has 0 heterocycles. The molecular weight excluding hydrogens is 492 g/mol. The topological polar surface area (TPSA) is 69.2 Å². The van der Waals surface area contributed by atoms with E-state index in [0.717, 1.165) is 26.5 Å². The van der Waals surface area contributed by atoms with Crippen molar-refractivity contribution >= 4 is 44.0 Å². The number of nitrogens with one attached hydrogen (secondary N) is 1. The summed E-state index contributed by atoms with van der Waals surface area (Å²) in [5.41, 5.74) is 4.23. The third-order valence-corrected chi connectivity index (χ3v) is 4.79. The molecule has 0 unspecified atom stereocenters. The number of methoxy groups -OCH3 is 1. The minimum atomic E-state index is -0.349. The molecule has 1 amide bonds. The van der Waals surface area contributed by atoms with Gasteiger partial charge in [0.15, 0.2) is 18.1 Å². The third-order valence-electron chi connectivity index (χ3n) is 3.71. The summed E-state index contributed by atoms with van der Waals surface area (Å²) in [6.07, 6.45) is 2.33. The van der Waals surface area contributed by atoms with Gasteiger partial charge in [-0.1, -0.05) is 22.9 Å². The van der Waals surface area contributed by atoms with Gasteiger partial charge in [-0.2, -0.15) is 5.10 Å². The number of rotatable bonds is 9. The summed E-state index contributed by atoms with van der Waals surface area (Å²) in [5.74, 6) is 1.54. The van der Waals surface area contributed by atoms with E-state index in [4.69, 9.17) is 14.2 Å².